The molecule has 0 spiro atoms. The fourth-order valence-corrected chi connectivity index (χ4v) is 2.48. The molecular formula is C16H21N9O. The third kappa shape index (κ3) is 3.63. The number of hydrogen-bond donors (Lipinski definition) is 2. The number of urea groups is 1. The van der Waals surface area contributed by atoms with Crippen molar-refractivity contribution < 1.29 is 4.79 Å². The number of rotatable bonds is 5. The summed E-state index contributed by atoms with van der Waals surface area (Å²) in [6, 6.07) is 0.789. The predicted molar refractivity (Wildman–Crippen MR) is 96.8 cm³/mol. The molecule has 0 unspecified atom stereocenters. The molecule has 0 atom stereocenters. The minimum Gasteiger partial charge on any atom is -0.363 e. The van der Waals surface area contributed by atoms with Crippen molar-refractivity contribution in [3.63, 3.8) is 0 Å². The van der Waals surface area contributed by atoms with Crippen LogP contribution >= 0.6 is 0 Å². The third-order valence-electron chi connectivity index (χ3n) is 3.83. The maximum Gasteiger partial charge on any atom is 0.322 e. The van der Waals surface area contributed by atoms with Crippen LogP contribution in [0, 0.1) is 0 Å². The van der Waals surface area contributed by atoms with E-state index in [0.717, 1.165) is 0 Å². The molecule has 10 nitrogen and oxygen atoms in total. The second kappa shape index (κ2) is 7.21. The van der Waals surface area contributed by atoms with Crippen molar-refractivity contribution in [2.24, 2.45) is 14.1 Å². The van der Waals surface area contributed by atoms with Crippen molar-refractivity contribution in [1.29, 1.82) is 0 Å². The molecule has 0 bridgehead atoms. The first kappa shape index (κ1) is 17.4. The highest BCUT2D eigenvalue weighted by molar-refractivity contribution is 5.87. The van der Waals surface area contributed by atoms with Gasteiger partial charge in [0.2, 0.25) is 5.95 Å². The van der Waals surface area contributed by atoms with Crippen LogP contribution in [0.1, 0.15) is 17.7 Å². The molecule has 0 fully saturated rings. The van der Waals surface area contributed by atoms with Gasteiger partial charge in [-0.25, -0.2) is 19.7 Å². The maximum atomic E-state index is 12.5. The van der Waals surface area contributed by atoms with Crippen LogP contribution < -0.4 is 15.5 Å². The molecule has 2 amide bonds. The topological polar surface area (TPSA) is 106 Å². The smallest absolute Gasteiger partial charge is 0.322 e. The summed E-state index contributed by atoms with van der Waals surface area (Å²) in [5, 5.41) is 5.55. The van der Waals surface area contributed by atoms with Gasteiger partial charge in [-0.2, -0.15) is 4.98 Å². The molecule has 3 aromatic rings. The van der Waals surface area contributed by atoms with Gasteiger partial charge in [-0.1, -0.05) is 0 Å². The van der Waals surface area contributed by atoms with E-state index in [0.29, 0.717) is 17.5 Å². The largest absolute Gasteiger partial charge is 0.363 e. The van der Waals surface area contributed by atoms with E-state index in [1.165, 1.54) is 0 Å². The molecule has 26 heavy (non-hydrogen) atoms. The summed E-state index contributed by atoms with van der Waals surface area (Å²) in [5.74, 6) is 2.24. The lowest BCUT2D eigenvalue weighted by Gasteiger charge is -2.19. The Hall–Kier alpha value is -3.43. The molecule has 0 radical (unpaired) electrons. The summed E-state index contributed by atoms with van der Waals surface area (Å²) < 4.78 is 3.67. The predicted octanol–water partition coefficient (Wildman–Crippen LogP) is 0.921. The fourth-order valence-electron chi connectivity index (χ4n) is 2.48. The van der Waals surface area contributed by atoms with Gasteiger partial charge in [-0.3, -0.25) is 5.32 Å². The van der Waals surface area contributed by atoms with Crippen molar-refractivity contribution >= 4 is 17.8 Å². The average molecular weight is 355 g/mol. The summed E-state index contributed by atoms with van der Waals surface area (Å²) in [4.78, 5) is 31.4. The van der Waals surface area contributed by atoms with Crippen molar-refractivity contribution in [2.45, 2.75) is 6.04 Å². The van der Waals surface area contributed by atoms with Crippen molar-refractivity contribution in [1.82, 2.24) is 34.4 Å². The number of nitrogens with one attached hydrogen (secondary N) is 2. The molecule has 3 aromatic heterocycles. The number of anilines is 2. The lowest BCUT2D eigenvalue weighted by atomic mass is 10.2. The van der Waals surface area contributed by atoms with Crippen LogP contribution in [-0.4, -0.2) is 49.2 Å². The minimum atomic E-state index is -0.521. The Kier molecular flexibility index (Phi) is 4.83. The SMILES string of the molecule is CN(C)c1ccnc(NC(=O)NC(c2nccn2C)c2nccn2C)n1. The van der Waals surface area contributed by atoms with Crippen LogP contribution in [0.5, 0.6) is 0 Å². The van der Waals surface area contributed by atoms with Crippen molar-refractivity contribution in [2.75, 3.05) is 24.3 Å². The highest BCUT2D eigenvalue weighted by Gasteiger charge is 2.24. The van der Waals surface area contributed by atoms with Gasteiger partial charge in [-0.05, 0) is 6.07 Å². The lowest BCUT2D eigenvalue weighted by molar-refractivity contribution is 0.249. The lowest BCUT2D eigenvalue weighted by Crippen LogP contribution is -2.36. The quantitative estimate of drug-likeness (QED) is 0.705. The highest BCUT2D eigenvalue weighted by Crippen LogP contribution is 2.18. The van der Waals surface area contributed by atoms with Crippen molar-refractivity contribution in [3.8, 4) is 0 Å². The van der Waals surface area contributed by atoms with Crippen LogP contribution in [0.15, 0.2) is 37.1 Å². The highest BCUT2D eigenvalue weighted by atomic mass is 16.2. The van der Waals surface area contributed by atoms with E-state index in [1.807, 2.05) is 54.6 Å². The number of imidazole rings is 2. The molecule has 0 saturated carbocycles. The van der Waals surface area contributed by atoms with Crippen LogP contribution in [0.3, 0.4) is 0 Å². The minimum absolute atomic E-state index is 0.215. The Labute approximate surface area is 150 Å². The van der Waals surface area contributed by atoms with Crippen LogP contribution in [0.2, 0.25) is 0 Å². The second-order valence-electron chi connectivity index (χ2n) is 5.96. The van der Waals surface area contributed by atoms with Gasteiger partial charge in [0.05, 0.1) is 0 Å². The Balaban J connectivity index is 1.81. The molecule has 0 aliphatic carbocycles. The van der Waals surface area contributed by atoms with E-state index < -0.39 is 12.1 Å². The monoisotopic (exact) mass is 355 g/mol. The molecule has 0 aliphatic heterocycles. The van der Waals surface area contributed by atoms with Gasteiger partial charge in [0.15, 0.2) is 0 Å². The number of carbonyl (C=O) groups is 1. The summed E-state index contributed by atoms with van der Waals surface area (Å²) >= 11 is 0. The van der Waals surface area contributed by atoms with E-state index >= 15 is 0 Å². The molecular weight excluding hydrogens is 334 g/mol. The first-order valence-corrected chi connectivity index (χ1v) is 7.98. The summed E-state index contributed by atoms with van der Waals surface area (Å²) in [7, 11) is 7.46. The van der Waals surface area contributed by atoms with Gasteiger partial charge >= 0.3 is 6.03 Å². The average Bonchev–Trinajstić information content (AvgIpc) is 3.21. The zero-order valence-electron chi connectivity index (χ0n) is 15.1. The first-order chi connectivity index (χ1) is 12.5. The normalized spacial score (nSPS) is 10.8. The van der Waals surface area contributed by atoms with Crippen LogP contribution in [-0.2, 0) is 14.1 Å². The molecule has 0 saturated heterocycles. The Morgan fingerprint density at radius 3 is 2.15 bits per heavy atom. The van der Waals surface area contributed by atoms with Gasteiger partial charge < -0.3 is 19.4 Å². The van der Waals surface area contributed by atoms with Crippen LogP contribution in [0.4, 0.5) is 16.6 Å². The molecule has 10 heteroatoms. The van der Waals surface area contributed by atoms with Crippen LogP contribution in [0.25, 0.3) is 0 Å². The Morgan fingerprint density at radius 2 is 1.65 bits per heavy atom. The third-order valence-corrected chi connectivity index (χ3v) is 3.83. The zero-order valence-corrected chi connectivity index (χ0v) is 15.1. The molecule has 3 rings (SSSR count). The van der Waals surface area contributed by atoms with E-state index in [-0.39, 0.29) is 5.95 Å². The number of hydrogen-bond acceptors (Lipinski definition) is 6. The molecule has 3 heterocycles. The summed E-state index contributed by atoms with van der Waals surface area (Å²) in [5.41, 5.74) is 0. The van der Waals surface area contributed by atoms with E-state index in [1.54, 1.807) is 24.7 Å². The number of nitrogens with zero attached hydrogens (tertiary/aromatic N) is 7. The molecule has 136 valence electrons. The Bertz CT molecular complexity index is 858. The van der Waals surface area contributed by atoms with Gasteiger partial charge in [0.25, 0.3) is 0 Å². The van der Waals surface area contributed by atoms with E-state index in [4.69, 9.17) is 0 Å². The fraction of sp³-hybridized carbons (Fsp3) is 0.312. The van der Waals surface area contributed by atoms with Crippen molar-refractivity contribution in [3.05, 3.63) is 48.7 Å². The molecule has 0 aromatic carbocycles. The second-order valence-corrected chi connectivity index (χ2v) is 5.96. The zero-order chi connectivity index (χ0) is 18.7. The van der Waals surface area contributed by atoms with Gasteiger partial charge in [0.1, 0.15) is 23.5 Å². The Morgan fingerprint density at radius 1 is 1.04 bits per heavy atom. The van der Waals surface area contributed by atoms with Gasteiger partial charge in [0, 0.05) is 59.2 Å². The maximum absolute atomic E-state index is 12.5. The number of aromatic nitrogens is 6. The standard InChI is InChI=1S/C16H21N9O/c1-23(2)11-5-6-19-15(20-11)22-16(26)21-12(13-17-7-9-24(13)3)14-18-8-10-25(14)4/h5-10,12H,1-4H3,(H2,19,20,21,22,26). The summed E-state index contributed by atoms with van der Waals surface area (Å²) in [6.45, 7) is 0. The number of aryl methyl sites for hydroxylation is 2. The van der Waals surface area contributed by atoms with Gasteiger partial charge in [-0.15, -0.1) is 0 Å². The number of carbonyl (C=O) groups excluding carboxylic acids is 1. The van der Waals surface area contributed by atoms with E-state index in [9.17, 15) is 4.79 Å². The summed E-state index contributed by atoms with van der Waals surface area (Å²) in [6.07, 6.45) is 8.57. The molecule has 2 N–H and O–H groups in total. The number of amides is 2. The van der Waals surface area contributed by atoms with E-state index in [2.05, 4.69) is 30.6 Å². The first-order valence-electron chi connectivity index (χ1n) is 7.98. The molecule has 0 aliphatic rings.